The number of amides is 1. The minimum atomic E-state index is -0.502. The molecule has 0 fully saturated rings. The fraction of sp³-hybridized carbons (Fsp3) is 0.273. The number of benzene rings is 1. The van der Waals surface area contributed by atoms with E-state index < -0.39 is 6.09 Å². The molecule has 0 aliphatic carbocycles. The second-order valence-electron chi connectivity index (χ2n) is 3.16. The summed E-state index contributed by atoms with van der Waals surface area (Å²) in [7, 11) is 1.57. The maximum absolute atomic E-state index is 11.5. The van der Waals surface area contributed by atoms with Gasteiger partial charge in [0.15, 0.2) is 0 Å². The van der Waals surface area contributed by atoms with Gasteiger partial charge in [0.25, 0.3) is 0 Å². The van der Waals surface area contributed by atoms with E-state index in [1.165, 1.54) is 4.90 Å². The van der Waals surface area contributed by atoms with Crippen LogP contribution < -0.4 is 4.74 Å². The van der Waals surface area contributed by atoms with E-state index in [-0.39, 0.29) is 6.42 Å². The third-order valence-electron chi connectivity index (χ3n) is 1.87. The number of nitriles is 1. The molecule has 0 radical (unpaired) electrons. The van der Waals surface area contributed by atoms with E-state index in [2.05, 4.69) is 0 Å². The van der Waals surface area contributed by atoms with Crippen molar-refractivity contribution in [2.45, 2.75) is 6.42 Å². The summed E-state index contributed by atoms with van der Waals surface area (Å²) in [5, 5.41) is 8.88. The number of hydrogen-bond acceptors (Lipinski definition) is 3. The normalized spacial score (nSPS) is 9.31. The van der Waals surface area contributed by atoms with Gasteiger partial charge in [0.1, 0.15) is 5.75 Å². The highest BCUT2D eigenvalue weighted by Gasteiger charge is 2.10. The first kappa shape index (κ1) is 12.3. The van der Waals surface area contributed by atoms with Crippen LogP contribution in [0.25, 0.3) is 0 Å². The van der Waals surface area contributed by atoms with Crippen LogP contribution in [0, 0.1) is 11.3 Å². The minimum Gasteiger partial charge on any atom is -0.410 e. The Bertz CT molecular complexity index is 415. The summed E-state index contributed by atoms with van der Waals surface area (Å²) >= 11 is 5.74. The number of halogens is 1. The average molecular weight is 239 g/mol. The molecule has 0 saturated carbocycles. The molecule has 4 nitrogen and oxygen atoms in total. The standard InChI is InChI=1S/C11H11ClN2O2/c1-14(7-3-6-13)11(15)16-10-5-2-4-9(12)8-10/h2,4-5,8H,3,7H2,1H3. The Kier molecular flexibility index (Phi) is 4.62. The van der Waals surface area contributed by atoms with Crippen molar-refractivity contribution in [1.82, 2.24) is 4.90 Å². The van der Waals surface area contributed by atoms with E-state index >= 15 is 0 Å². The maximum atomic E-state index is 11.5. The molecule has 1 rings (SSSR count). The number of rotatable bonds is 3. The summed E-state index contributed by atoms with van der Waals surface area (Å²) in [4.78, 5) is 12.8. The van der Waals surface area contributed by atoms with E-state index in [4.69, 9.17) is 21.6 Å². The number of ether oxygens (including phenoxy) is 1. The van der Waals surface area contributed by atoms with Gasteiger partial charge in [0.05, 0.1) is 12.5 Å². The molecule has 0 N–H and O–H groups in total. The zero-order chi connectivity index (χ0) is 12.0. The fourth-order valence-corrected chi connectivity index (χ4v) is 1.20. The lowest BCUT2D eigenvalue weighted by molar-refractivity contribution is 0.164. The van der Waals surface area contributed by atoms with Crippen LogP contribution in [0.3, 0.4) is 0 Å². The molecule has 1 aromatic rings. The molecule has 0 aliphatic rings. The van der Waals surface area contributed by atoms with E-state index in [9.17, 15) is 4.79 Å². The average Bonchev–Trinajstić information content (AvgIpc) is 2.25. The molecule has 5 heteroatoms. The van der Waals surface area contributed by atoms with Gasteiger partial charge in [-0.15, -0.1) is 0 Å². The Morgan fingerprint density at radius 3 is 3.00 bits per heavy atom. The molecular weight excluding hydrogens is 228 g/mol. The lowest BCUT2D eigenvalue weighted by atomic mass is 10.3. The minimum absolute atomic E-state index is 0.279. The Morgan fingerprint density at radius 1 is 1.62 bits per heavy atom. The van der Waals surface area contributed by atoms with Crippen LogP contribution in [0.15, 0.2) is 24.3 Å². The summed E-state index contributed by atoms with van der Waals surface area (Å²) in [6.45, 7) is 0.343. The molecule has 0 spiro atoms. The molecule has 0 aliphatic heterocycles. The van der Waals surface area contributed by atoms with Crippen LogP contribution in [0.1, 0.15) is 6.42 Å². The first-order valence-corrected chi connectivity index (χ1v) is 5.06. The van der Waals surface area contributed by atoms with Gasteiger partial charge < -0.3 is 9.64 Å². The molecule has 1 aromatic carbocycles. The van der Waals surface area contributed by atoms with E-state index in [1.807, 2.05) is 6.07 Å². The van der Waals surface area contributed by atoms with Gasteiger partial charge in [-0.25, -0.2) is 4.79 Å². The van der Waals surface area contributed by atoms with Gasteiger partial charge in [-0.05, 0) is 18.2 Å². The van der Waals surface area contributed by atoms with Gasteiger partial charge in [0.2, 0.25) is 0 Å². The summed E-state index contributed by atoms with van der Waals surface area (Å²) in [5.41, 5.74) is 0. The zero-order valence-electron chi connectivity index (χ0n) is 8.81. The Hall–Kier alpha value is -1.73. The third-order valence-corrected chi connectivity index (χ3v) is 2.11. The van der Waals surface area contributed by atoms with Crippen molar-refractivity contribution in [2.24, 2.45) is 0 Å². The first-order valence-electron chi connectivity index (χ1n) is 4.69. The topological polar surface area (TPSA) is 53.3 Å². The molecular formula is C11H11ClN2O2. The third kappa shape index (κ3) is 3.79. The number of hydrogen-bond donors (Lipinski definition) is 0. The van der Waals surface area contributed by atoms with Crippen molar-refractivity contribution in [3.63, 3.8) is 0 Å². The lowest BCUT2D eigenvalue weighted by Crippen LogP contribution is -2.30. The van der Waals surface area contributed by atoms with Crippen molar-refractivity contribution < 1.29 is 9.53 Å². The summed E-state index contributed by atoms with van der Waals surface area (Å²) in [6, 6.07) is 8.54. The number of carbonyl (C=O) groups is 1. The zero-order valence-corrected chi connectivity index (χ0v) is 9.57. The van der Waals surface area contributed by atoms with Crippen molar-refractivity contribution in [3.8, 4) is 11.8 Å². The summed E-state index contributed by atoms with van der Waals surface area (Å²) < 4.78 is 5.05. The van der Waals surface area contributed by atoms with E-state index in [0.29, 0.717) is 17.3 Å². The fourth-order valence-electron chi connectivity index (χ4n) is 1.02. The molecule has 1 amide bonds. The maximum Gasteiger partial charge on any atom is 0.414 e. The summed E-state index contributed by atoms with van der Waals surface area (Å²) in [5.74, 6) is 0.390. The van der Waals surface area contributed by atoms with Gasteiger partial charge in [-0.1, -0.05) is 17.7 Å². The Labute approximate surface area is 99.0 Å². The molecule has 0 bridgehead atoms. The van der Waals surface area contributed by atoms with Crippen molar-refractivity contribution in [1.29, 1.82) is 5.26 Å². The van der Waals surface area contributed by atoms with Gasteiger partial charge in [0, 0.05) is 18.6 Å². The van der Waals surface area contributed by atoms with Gasteiger partial charge >= 0.3 is 6.09 Å². The van der Waals surface area contributed by atoms with Crippen LogP contribution in [0.5, 0.6) is 5.75 Å². The Morgan fingerprint density at radius 2 is 2.38 bits per heavy atom. The predicted octanol–water partition coefficient (Wildman–Crippen LogP) is 2.68. The van der Waals surface area contributed by atoms with Gasteiger partial charge in [-0.3, -0.25) is 0 Å². The highest BCUT2D eigenvalue weighted by atomic mass is 35.5. The van der Waals surface area contributed by atoms with Crippen LogP contribution in [0.4, 0.5) is 4.79 Å². The molecule has 0 unspecified atom stereocenters. The smallest absolute Gasteiger partial charge is 0.410 e. The SMILES string of the molecule is CN(CCC#N)C(=O)Oc1cccc(Cl)c1. The molecule has 16 heavy (non-hydrogen) atoms. The van der Waals surface area contributed by atoms with Crippen molar-refractivity contribution in [3.05, 3.63) is 29.3 Å². The van der Waals surface area contributed by atoms with E-state index in [0.717, 1.165) is 0 Å². The predicted molar refractivity (Wildman–Crippen MR) is 60.3 cm³/mol. The molecule has 0 atom stereocenters. The second-order valence-corrected chi connectivity index (χ2v) is 3.59. The highest BCUT2D eigenvalue weighted by Crippen LogP contribution is 2.17. The first-order chi connectivity index (χ1) is 7.63. The monoisotopic (exact) mass is 238 g/mol. The van der Waals surface area contributed by atoms with Crippen LogP contribution in [0.2, 0.25) is 5.02 Å². The second kappa shape index (κ2) is 5.99. The number of carbonyl (C=O) groups excluding carboxylic acids is 1. The van der Waals surface area contributed by atoms with Crippen molar-refractivity contribution >= 4 is 17.7 Å². The van der Waals surface area contributed by atoms with Crippen LogP contribution in [-0.2, 0) is 0 Å². The highest BCUT2D eigenvalue weighted by molar-refractivity contribution is 6.30. The lowest BCUT2D eigenvalue weighted by Gasteiger charge is -2.14. The molecule has 0 aromatic heterocycles. The number of nitrogens with zero attached hydrogens (tertiary/aromatic N) is 2. The molecule has 0 heterocycles. The largest absolute Gasteiger partial charge is 0.414 e. The van der Waals surface area contributed by atoms with Gasteiger partial charge in [-0.2, -0.15) is 5.26 Å². The van der Waals surface area contributed by atoms with Crippen LogP contribution in [-0.4, -0.2) is 24.6 Å². The molecule has 0 saturated heterocycles. The Balaban J connectivity index is 2.54. The van der Waals surface area contributed by atoms with Crippen LogP contribution >= 0.6 is 11.6 Å². The quantitative estimate of drug-likeness (QED) is 0.814. The molecule has 84 valence electrons. The summed E-state index contributed by atoms with van der Waals surface area (Å²) in [6.07, 6.45) is -0.223. The van der Waals surface area contributed by atoms with E-state index in [1.54, 1.807) is 31.3 Å². The van der Waals surface area contributed by atoms with Crippen molar-refractivity contribution in [2.75, 3.05) is 13.6 Å².